The van der Waals surface area contributed by atoms with Crippen LogP contribution in [0, 0.1) is 0 Å². The summed E-state index contributed by atoms with van der Waals surface area (Å²) in [6.45, 7) is 5.57. The van der Waals surface area contributed by atoms with Gasteiger partial charge in [0.25, 0.3) is 0 Å². The maximum absolute atomic E-state index is 6.16. The van der Waals surface area contributed by atoms with Gasteiger partial charge in [-0.25, -0.2) is 4.57 Å². The monoisotopic (exact) mass is 388 g/mol. The molecule has 0 bridgehead atoms. The quantitative estimate of drug-likeness (QED) is 0.463. The van der Waals surface area contributed by atoms with E-state index in [0.29, 0.717) is 0 Å². The van der Waals surface area contributed by atoms with E-state index in [1.807, 2.05) is 12.4 Å². The molecule has 29 heavy (non-hydrogen) atoms. The highest BCUT2D eigenvalue weighted by Gasteiger charge is 2.25. The molecule has 1 fully saturated rings. The first kappa shape index (κ1) is 18.6. The fraction of sp³-hybridized carbons (Fsp3) is 0.440. The van der Waals surface area contributed by atoms with Crippen LogP contribution in [-0.4, -0.2) is 36.1 Å². The maximum atomic E-state index is 6.16. The molecule has 0 unspecified atom stereocenters. The van der Waals surface area contributed by atoms with Crippen LogP contribution >= 0.6 is 0 Å². The normalized spacial score (nSPS) is 16.8. The number of rotatable bonds is 6. The molecule has 0 amide bonds. The summed E-state index contributed by atoms with van der Waals surface area (Å²) in [5.74, 6) is 0.998. The van der Waals surface area contributed by atoms with E-state index in [0.717, 1.165) is 38.3 Å². The van der Waals surface area contributed by atoms with Gasteiger partial charge in [0, 0.05) is 37.2 Å². The Labute approximate surface area is 173 Å². The molecule has 4 heterocycles. The highest BCUT2D eigenvalue weighted by atomic mass is 16.5. The molecule has 1 saturated heterocycles. The van der Waals surface area contributed by atoms with E-state index in [2.05, 4.69) is 51.0 Å². The van der Waals surface area contributed by atoms with Crippen molar-refractivity contribution in [3.05, 3.63) is 54.6 Å². The number of pyridine rings is 2. The second-order valence-corrected chi connectivity index (χ2v) is 8.33. The Morgan fingerprint density at radius 1 is 0.966 bits per heavy atom. The number of fused-ring (bicyclic) bond motifs is 3. The van der Waals surface area contributed by atoms with Gasteiger partial charge in [0.15, 0.2) is 11.9 Å². The number of piperidine rings is 1. The topological polar surface area (TPSA) is 29.2 Å². The van der Waals surface area contributed by atoms with Crippen molar-refractivity contribution in [1.29, 1.82) is 0 Å². The third kappa shape index (κ3) is 3.99. The third-order valence-corrected chi connectivity index (χ3v) is 6.36. The van der Waals surface area contributed by atoms with Crippen LogP contribution in [0.15, 0.2) is 48.9 Å². The van der Waals surface area contributed by atoms with Gasteiger partial charge in [-0.1, -0.05) is 6.42 Å². The number of benzene rings is 1. The van der Waals surface area contributed by atoms with Crippen LogP contribution in [0.5, 0.6) is 5.75 Å². The molecule has 150 valence electrons. The van der Waals surface area contributed by atoms with Gasteiger partial charge in [-0.15, -0.1) is 0 Å². The Morgan fingerprint density at radius 3 is 2.69 bits per heavy atom. The third-order valence-electron chi connectivity index (χ3n) is 6.36. The molecule has 4 heteroatoms. The summed E-state index contributed by atoms with van der Waals surface area (Å²) in [4.78, 5) is 6.76. The van der Waals surface area contributed by atoms with Crippen molar-refractivity contribution in [3.8, 4) is 16.9 Å². The molecular weight excluding hydrogens is 358 g/mol. The second-order valence-electron chi connectivity index (χ2n) is 8.33. The highest BCUT2D eigenvalue weighted by Crippen LogP contribution is 2.33. The van der Waals surface area contributed by atoms with Crippen LogP contribution in [0.25, 0.3) is 21.9 Å². The van der Waals surface area contributed by atoms with Crippen LogP contribution in [0.4, 0.5) is 0 Å². The lowest BCUT2D eigenvalue weighted by Crippen LogP contribution is -2.33. The van der Waals surface area contributed by atoms with Crippen LogP contribution in [0.1, 0.15) is 37.8 Å². The van der Waals surface area contributed by atoms with E-state index in [-0.39, 0.29) is 0 Å². The molecule has 5 rings (SSSR count). The molecule has 4 nitrogen and oxygen atoms in total. The molecule has 0 radical (unpaired) electrons. The van der Waals surface area contributed by atoms with Crippen molar-refractivity contribution >= 4 is 10.8 Å². The number of ether oxygens (including phenoxy) is 1. The van der Waals surface area contributed by atoms with Crippen molar-refractivity contribution in [2.24, 2.45) is 0 Å². The first-order valence-corrected chi connectivity index (χ1v) is 11.1. The molecule has 0 aliphatic carbocycles. The Hall–Kier alpha value is -2.46. The highest BCUT2D eigenvalue weighted by molar-refractivity contribution is 5.97. The first-order valence-electron chi connectivity index (χ1n) is 11.1. The Kier molecular flexibility index (Phi) is 5.44. The minimum absolute atomic E-state index is 0.793. The van der Waals surface area contributed by atoms with E-state index in [9.17, 15) is 0 Å². The molecule has 2 aromatic heterocycles. The number of aryl methyl sites for hydroxylation is 2. The number of aromatic nitrogens is 2. The predicted molar refractivity (Wildman–Crippen MR) is 116 cm³/mol. The Balaban J connectivity index is 1.37. The summed E-state index contributed by atoms with van der Waals surface area (Å²) in [5.41, 5.74) is 3.95. The molecule has 2 aliphatic heterocycles. The summed E-state index contributed by atoms with van der Waals surface area (Å²) in [6, 6.07) is 10.8. The van der Waals surface area contributed by atoms with Crippen molar-refractivity contribution in [2.75, 3.05) is 26.2 Å². The molecule has 2 aliphatic rings. The van der Waals surface area contributed by atoms with Crippen LogP contribution in [0.2, 0.25) is 0 Å². The van der Waals surface area contributed by atoms with Gasteiger partial charge in [-0.3, -0.25) is 4.98 Å². The largest absolute Gasteiger partial charge is 0.494 e. The molecule has 0 N–H and O–H groups in total. The zero-order valence-electron chi connectivity index (χ0n) is 17.1. The minimum atomic E-state index is 0.793. The van der Waals surface area contributed by atoms with Gasteiger partial charge in [-0.05, 0) is 68.2 Å². The molecule has 3 aromatic rings. The SMILES string of the molecule is c1cc(-c2c[n+]3c(c4cc(OCCCN5CCCCC5)ccc24)CCC3)ccn1. The summed E-state index contributed by atoms with van der Waals surface area (Å²) in [5, 5.41) is 2.65. The lowest BCUT2D eigenvalue weighted by Gasteiger charge is -2.26. The molecule has 1 aromatic carbocycles. The van der Waals surface area contributed by atoms with Gasteiger partial charge < -0.3 is 9.64 Å². The van der Waals surface area contributed by atoms with Crippen LogP contribution < -0.4 is 9.30 Å². The van der Waals surface area contributed by atoms with E-state index in [1.54, 1.807) is 0 Å². The maximum Gasteiger partial charge on any atom is 0.189 e. The van der Waals surface area contributed by atoms with Crippen molar-refractivity contribution in [2.45, 2.75) is 45.1 Å². The average Bonchev–Trinajstić information content (AvgIpc) is 3.26. The van der Waals surface area contributed by atoms with Crippen LogP contribution in [0.3, 0.4) is 0 Å². The van der Waals surface area contributed by atoms with E-state index in [4.69, 9.17) is 4.74 Å². The number of hydrogen-bond donors (Lipinski definition) is 0. The standard InChI is InChI=1S/C25H30N3O/c1-2-13-27(14-3-1)15-5-17-29-21-7-8-22-23(18-21)25-6-4-16-28(25)19-24(22)20-9-11-26-12-10-20/h7-12,18-19H,1-6,13-17H2/q+1. The first-order chi connectivity index (χ1) is 14.4. The molecule has 0 spiro atoms. The molecule has 0 atom stereocenters. The molecular formula is C25H30N3O+. The van der Waals surface area contributed by atoms with Crippen molar-refractivity contribution < 1.29 is 9.30 Å². The van der Waals surface area contributed by atoms with Gasteiger partial charge in [-0.2, -0.15) is 0 Å². The lowest BCUT2D eigenvalue weighted by atomic mass is 9.99. The average molecular weight is 389 g/mol. The summed E-state index contributed by atoms with van der Waals surface area (Å²) in [7, 11) is 0. The minimum Gasteiger partial charge on any atom is -0.494 e. The van der Waals surface area contributed by atoms with Crippen molar-refractivity contribution in [1.82, 2.24) is 9.88 Å². The zero-order chi connectivity index (χ0) is 19.5. The lowest BCUT2D eigenvalue weighted by molar-refractivity contribution is -0.688. The Bertz CT molecular complexity index is 980. The van der Waals surface area contributed by atoms with Crippen molar-refractivity contribution in [3.63, 3.8) is 0 Å². The van der Waals surface area contributed by atoms with Gasteiger partial charge in [0.1, 0.15) is 12.3 Å². The van der Waals surface area contributed by atoms with E-state index < -0.39 is 0 Å². The fourth-order valence-corrected chi connectivity index (χ4v) is 4.86. The van der Waals surface area contributed by atoms with Gasteiger partial charge >= 0.3 is 0 Å². The second kappa shape index (κ2) is 8.50. The Morgan fingerprint density at radius 2 is 1.83 bits per heavy atom. The molecule has 0 saturated carbocycles. The van der Waals surface area contributed by atoms with Crippen LogP contribution in [-0.2, 0) is 13.0 Å². The van der Waals surface area contributed by atoms with Gasteiger partial charge in [0.2, 0.25) is 0 Å². The number of nitrogens with zero attached hydrogens (tertiary/aromatic N) is 3. The smallest absolute Gasteiger partial charge is 0.189 e. The van der Waals surface area contributed by atoms with E-state index in [1.165, 1.54) is 66.4 Å². The summed E-state index contributed by atoms with van der Waals surface area (Å²) in [6.07, 6.45) is 13.6. The predicted octanol–water partition coefficient (Wildman–Crippen LogP) is 4.39. The zero-order valence-corrected chi connectivity index (χ0v) is 17.1. The summed E-state index contributed by atoms with van der Waals surface area (Å²) < 4.78 is 8.59. The fourth-order valence-electron chi connectivity index (χ4n) is 4.86. The number of hydrogen-bond acceptors (Lipinski definition) is 3. The van der Waals surface area contributed by atoms with Gasteiger partial charge in [0.05, 0.1) is 17.6 Å². The summed E-state index contributed by atoms with van der Waals surface area (Å²) >= 11 is 0. The number of likely N-dealkylation sites (tertiary alicyclic amines) is 1. The van der Waals surface area contributed by atoms with E-state index >= 15 is 0 Å².